The Morgan fingerprint density at radius 1 is 1.59 bits per heavy atom. The molecule has 0 aliphatic rings. The van der Waals surface area contributed by atoms with Crippen LogP contribution in [0.5, 0.6) is 0 Å². The highest BCUT2D eigenvalue weighted by Gasteiger charge is 2.12. The Morgan fingerprint density at radius 3 is 2.88 bits per heavy atom. The van der Waals surface area contributed by atoms with Gasteiger partial charge in [0.05, 0.1) is 12.8 Å². The van der Waals surface area contributed by atoms with Gasteiger partial charge in [-0.3, -0.25) is 4.79 Å². The number of carbonyl (C=O) groups is 2. The fourth-order valence-corrected chi connectivity index (χ4v) is 1.23. The lowest BCUT2D eigenvalue weighted by Crippen LogP contribution is -2.19. The number of nitrogens with zero attached hydrogens (tertiary/aromatic N) is 2. The molecule has 1 aromatic heterocycles. The lowest BCUT2D eigenvalue weighted by atomic mass is 10.4. The zero-order chi connectivity index (χ0) is 12.8. The molecule has 1 rings (SSSR count). The predicted molar refractivity (Wildman–Crippen MR) is 62.3 cm³/mol. The summed E-state index contributed by atoms with van der Waals surface area (Å²) in [5.74, 6) is -0.327. The summed E-state index contributed by atoms with van der Waals surface area (Å²) in [6.07, 6.45) is 5.18. The third kappa shape index (κ3) is 3.75. The van der Waals surface area contributed by atoms with E-state index in [1.807, 2.05) is 0 Å². The fourth-order valence-electron chi connectivity index (χ4n) is 1.23. The van der Waals surface area contributed by atoms with Crippen molar-refractivity contribution < 1.29 is 14.3 Å². The van der Waals surface area contributed by atoms with Gasteiger partial charge >= 0.3 is 5.97 Å². The van der Waals surface area contributed by atoms with Crippen molar-refractivity contribution in [3.8, 4) is 0 Å². The molecule has 1 aromatic rings. The Hall–Kier alpha value is -2.11. The van der Waals surface area contributed by atoms with Crippen molar-refractivity contribution in [3.63, 3.8) is 0 Å². The number of esters is 1. The van der Waals surface area contributed by atoms with Crippen LogP contribution >= 0.6 is 0 Å². The van der Waals surface area contributed by atoms with Gasteiger partial charge in [0.15, 0.2) is 0 Å². The minimum absolute atomic E-state index is 0.0917. The lowest BCUT2D eigenvalue weighted by Gasteiger charge is -1.96. The van der Waals surface area contributed by atoms with E-state index >= 15 is 0 Å². The molecule has 0 atom stereocenters. The highest BCUT2D eigenvalue weighted by atomic mass is 16.5. The zero-order valence-corrected chi connectivity index (χ0v) is 10.1. The predicted octanol–water partition coefficient (Wildman–Crippen LogP) is 0.356. The Bertz CT molecular complexity index is 449. The molecule has 92 valence electrons. The van der Waals surface area contributed by atoms with Gasteiger partial charge in [0, 0.05) is 26.7 Å². The number of nitrogens with one attached hydrogen (secondary N) is 1. The number of amides is 1. The normalized spacial score (nSPS) is 10.5. The van der Waals surface area contributed by atoms with Gasteiger partial charge in [-0.2, -0.15) is 0 Å². The van der Waals surface area contributed by atoms with E-state index in [1.54, 1.807) is 30.0 Å². The summed E-state index contributed by atoms with van der Waals surface area (Å²) in [5.41, 5.74) is 0.637. The second kappa shape index (κ2) is 5.83. The van der Waals surface area contributed by atoms with Gasteiger partial charge in [-0.25, -0.2) is 9.78 Å². The number of rotatable bonds is 4. The standard InChI is InChI=1S/C11H15N3O3/c1-8(15)12-6-4-5-9-7-14(2)10(13-9)11(16)17-3/h4-5,7H,6H2,1-3H3,(H,12,15). The summed E-state index contributed by atoms with van der Waals surface area (Å²) in [7, 11) is 3.02. The highest BCUT2D eigenvalue weighted by molar-refractivity contribution is 5.85. The molecule has 0 radical (unpaired) electrons. The first-order chi connectivity index (χ1) is 8.04. The summed E-state index contributed by atoms with van der Waals surface area (Å²) < 4.78 is 6.17. The van der Waals surface area contributed by atoms with E-state index in [-0.39, 0.29) is 11.7 Å². The smallest absolute Gasteiger partial charge is 0.374 e. The summed E-state index contributed by atoms with van der Waals surface area (Å²) in [6, 6.07) is 0. The molecule has 0 aliphatic heterocycles. The van der Waals surface area contributed by atoms with Crippen molar-refractivity contribution in [2.45, 2.75) is 6.92 Å². The molecule has 0 saturated carbocycles. The Balaban J connectivity index is 2.67. The number of hydrogen-bond acceptors (Lipinski definition) is 4. The summed E-state index contributed by atoms with van der Waals surface area (Å²) in [5, 5.41) is 2.62. The first-order valence-electron chi connectivity index (χ1n) is 5.07. The number of methoxy groups -OCH3 is 1. The van der Waals surface area contributed by atoms with Crippen LogP contribution in [0.2, 0.25) is 0 Å². The minimum Gasteiger partial charge on any atom is -0.463 e. The molecular formula is C11H15N3O3. The molecule has 6 heteroatoms. The second-order valence-electron chi connectivity index (χ2n) is 3.43. The van der Waals surface area contributed by atoms with E-state index in [0.717, 1.165) is 0 Å². The number of imidazole rings is 1. The van der Waals surface area contributed by atoms with E-state index in [0.29, 0.717) is 12.2 Å². The fraction of sp³-hybridized carbons (Fsp3) is 0.364. The average Bonchev–Trinajstić information content (AvgIpc) is 2.65. The van der Waals surface area contributed by atoms with Crippen LogP contribution in [0.1, 0.15) is 23.2 Å². The molecule has 6 nitrogen and oxygen atoms in total. The van der Waals surface area contributed by atoms with Gasteiger partial charge in [0.1, 0.15) is 0 Å². The molecule has 0 unspecified atom stereocenters. The van der Waals surface area contributed by atoms with Crippen molar-refractivity contribution >= 4 is 18.0 Å². The minimum atomic E-state index is -0.478. The number of aromatic nitrogens is 2. The highest BCUT2D eigenvalue weighted by Crippen LogP contribution is 2.04. The monoisotopic (exact) mass is 237 g/mol. The van der Waals surface area contributed by atoms with E-state index in [4.69, 9.17) is 0 Å². The second-order valence-corrected chi connectivity index (χ2v) is 3.43. The van der Waals surface area contributed by atoms with Crippen molar-refractivity contribution in [1.82, 2.24) is 14.9 Å². The van der Waals surface area contributed by atoms with Crippen molar-refractivity contribution in [2.24, 2.45) is 7.05 Å². The molecule has 1 N–H and O–H groups in total. The van der Waals surface area contributed by atoms with Crippen LogP contribution in [-0.4, -0.2) is 35.1 Å². The molecule has 1 heterocycles. The molecule has 17 heavy (non-hydrogen) atoms. The van der Waals surface area contributed by atoms with Crippen molar-refractivity contribution in [2.75, 3.05) is 13.7 Å². The zero-order valence-electron chi connectivity index (χ0n) is 10.1. The molecule has 0 aromatic carbocycles. The van der Waals surface area contributed by atoms with Crippen LogP contribution in [0.4, 0.5) is 0 Å². The first-order valence-corrected chi connectivity index (χ1v) is 5.07. The van der Waals surface area contributed by atoms with Crippen LogP contribution in [0, 0.1) is 0 Å². The molecule has 0 saturated heterocycles. The van der Waals surface area contributed by atoms with Crippen LogP contribution < -0.4 is 5.32 Å². The van der Waals surface area contributed by atoms with E-state index in [1.165, 1.54) is 14.0 Å². The van der Waals surface area contributed by atoms with Crippen LogP contribution in [-0.2, 0) is 16.6 Å². The number of aryl methyl sites for hydroxylation is 1. The molecule has 0 bridgehead atoms. The van der Waals surface area contributed by atoms with Gasteiger partial charge in [-0.05, 0) is 6.08 Å². The van der Waals surface area contributed by atoms with Crippen LogP contribution in [0.3, 0.4) is 0 Å². The van der Waals surface area contributed by atoms with E-state index in [9.17, 15) is 9.59 Å². The maximum absolute atomic E-state index is 11.3. The third-order valence-corrected chi connectivity index (χ3v) is 2.02. The molecule has 0 aliphatic carbocycles. The maximum Gasteiger partial charge on any atom is 0.374 e. The molecule has 1 amide bonds. The Kier molecular flexibility index (Phi) is 4.45. The number of carbonyl (C=O) groups excluding carboxylic acids is 2. The van der Waals surface area contributed by atoms with Crippen molar-refractivity contribution in [1.29, 1.82) is 0 Å². The van der Waals surface area contributed by atoms with Crippen molar-refractivity contribution in [3.05, 3.63) is 23.8 Å². The van der Waals surface area contributed by atoms with Gasteiger partial charge in [0.25, 0.3) is 0 Å². The van der Waals surface area contributed by atoms with E-state index < -0.39 is 5.97 Å². The Morgan fingerprint density at radius 2 is 2.29 bits per heavy atom. The first kappa shape index (κ1) is 13.0. The molecule has 0 fully saturated rings. The van der Waals surface area contributed by atoms with Crippen LogP contribution in [0.25, 0.3) is 6.08 Å². The van der Waals surface area contributed by atoms with Gasteiger partial charge in [-0.15, -0.1) is 0 Å². The Labute approximate surface area is 99.3 Å². The number of hydrogen-bond donors (Lipinski definition) is 1. The van der Waals surface area contributed by atoms with Crippen LogP contribution in [0.15, 0.2) is 12.3 Å². The molecule has 0 spiro atoms. The lowest BCUT2D eigenvalue weighted by molar-refractivity contribution is -0.118. The maximum atomic E-state index is 11.3. The van der Waals surface area contributed by atoms with E-state index in [2.05, 4.69) is 15.0 Å². The third-order valence-electron chi connectivity index (χ3n) is 2.02. The summed E-state index contributed by atoms with van der Waals surface area (Å²) >= 11 is 0. The van der Waals surface area contributed by atoms with Gasteiger partial charge < -0.3 is 14.6 Å². The quantitative estimate of drug-likeness (QED) is 0.767. The average molecular weight is 237 g/mol. The summed E-state index contributed by atoms with van der Waals surface area (Å²) in [4.78, 5) is 26.0. The number of ether oxygens (including phenoxy) is 1. The van der Waals surface area contributed by atoms with Gasteiger partial charge in [0.2, 0.25) is 11.7 Å². The largest absolute Gasteiger partial charge is 0.463 e. The van der Waals surface area contributed by atoms with Gasteiger partial charge in [-0.1, -0.05) is 6.08 Å². The molecular weight excluding hydrogens is 222 g/mol. The SMILES string of the molecule is COC(=O)c1nc(C=CCNC(C)=O)cn1C. The topological polar surface area (TPSA) is 73.2 Å². The summed E-state index contributed by atoms with van der Waals surface area (Å²) in [6.45, 7) is 1.88.